The lowest BCUT2D eigenvalue weighted by Crippen LogP contribution is -2.34. The predicted octanol–water partition coefficient (Wildman–Crippen LogP) is 4.50. The molecule has 2 rings (SSSR count). The number of rotatable bonds is 4. The minimum atomic E-state index is -0.289. The zero-order chi connectivity index (χ0) is 12.5. The largest absolute Gasteiger partial charge is 0.319 e. The molecule has 2 aromatic rings. The van der Waals surface area contributed by atoms with Crippen LogP contribution >= 0.6 is 34.3 Å². The number of nitrogens with zero attached hydrogens (tertiary/aromatic N) is 1. The highest BCUT2D eigenvalue weighted by atomic mass is 35.5. The molecule has 92 valence electrons. The van der Waals surface area contributed by atoms with Crippen molar-refractivity contribution in [3.05, 3.63) is 26.2 Å². The van der Waals surface area contributed by atoms with Crippen LogP contribution in [0, 0.1) is 0 Å². The molecule has 0 fully saturated rings. The van der Waals surface area contributed by atoms with Gasteiger partial charge in [0.2, 0.25) is 0 Å². The third kappa shape index (κ3) is 2.55. The summed E-state index contributed by atoms with van der Waals surface area (Å²) >= 11 is 9.09. The summed E-state index contributed by atoms with van der Waals surface area (Å²) in [5.74, 6) is 0. The van der Waals surface area contributed by atoms with Crippen LogP contribution in [-0.4, -0.2) is 4.98 Å². The summed E-state index contributed by atoms with van der Waals surface area (Å²) in [4.78, 5) is 4.65. The maximum Gasteiger partial charge on any atom is 0.113 e. The maximum absolute atomic E-state index is 6.34. The van der Waals surface area contributed by atoms with Gasteiger partial charge in [-0.2, -0.15) is 0 Å². The van der Waals surface area contributed by atoms with Crippen molar-refractivity contribution in [3.8, 4) is 11.3 Å². The van der Waals surface area contributed by atoms with Crippen molar-refractivity contribution >= 4 is 34.3 Å². The summed E-state index contributed by atoms with van der Waals surface area (Å²) in [6.07, 6.45) is 1.81. The lowest BCUT2D eigenvalue weighted by atomic mass is 9.95. The summed E-state index contributed by atoms with van der Waals surface area (Å²) in [6, 6.07) is 1.95. The number of nitrogens with two attached hydrogens (primary N) is 1. The van der Waals surface area contributed by atoms with Gasteiger partial charge in [-0.3, -0.25) is 0 Å². The second-order valence-electron chi connectivity index (χ2n) is 4.04. The fourth-order valence-corrected chi connectivity index (χ4v) is 3.59. The number of aromatic nitrogens is 1. The molecule has 0 radical (unpaired) electrons. The van der Waals surface area contributed by atoms with Crippen LogP contribution in [0.3, 0.4) is 0 Å². The van der Waals surface area contributed by atoms with Crippen molar-refractivity contribution in [2.45, 2.75) is 32.2 Å². The monoisotopic (exact) mass is 286 g/mol. The van der Waals surface area contributed by atoms with E-state index in [9.17, 15) is 0 Å². The summed E-state index contributed by atoms with van der Waals surface area (Å²) in [5.41, 5.74) is 8.11. The molecule has 0 saturated carbocycles. The second kappa shape index (κ2) is 5.06. The van der Waals surface area contributed by atoms with Crippen LogP contribution in [-0.2, 0) is 5.54 Å². The molecule has 0 bridgehead atoms. The number of thiophene rings is 1. The Morgan fingerprint density at radius 1 is 1.29 bits per heavy atom. The van der Waals surface area contributed by atoms with Gasteiger partial charge in [-0.25, -0.2) is 4.98 Å². The first-order chi connectivity index (χ1) is 8.09. The average Bonchev–Trinajstić information content (AvgIpc) is 2.96. The van der Waals surface area contributed by atoms with E-state index < -0.39 is 0 Å². The molecule has 2 heterocycles. The molecule has 5 heteroatoms. The molecule has 2 aromatic heterocycles. The second-order valence-corrected chi connectivity index (χ2v) is 6.44. The number of thiazole rings is 1. The van der Waals surface area contributed by atoms with E-state index in [-0.39, 0.29) is 5.54 Å². The van der Waals surface area contributed by atoms with Crippen LogP contribution < -0.4 is 5.73 Å². The van der Waals surface area contributed by atoms with Crippen molar-refractivity contribution in [1.29, 1.82) is 0 Å². The Morgan fingerprint density at radius 2 is 2.00 bits per heavy atom. The minimum Gasteiger partial charge on any atom is -0.319 e. The maximum atomic E-state index is 6.34. The summed E-state index contributed by atoms with van der Waals surface area (Å²) in [7, 11) is 0. The van der Waals surface area contributed by atoms with E-state index in [0.29, 0.717) is 0 Å². The molecule has 0 atom stereocenters. The highest BCUT2D eigenvalue weighted by Crippen LogP contribution is 2.34. The molecule has 0 amide bonds. The summed E-state index contributed by atoms with van der Waals surface area (Å²) in [5, 5.41) is 5.09. The number of hydrogen-bond acceptors (Lipinski definition) is 4. The van der Waals surface area contributed by atoms with Gasteiger partial charge in [-0.05, 0) is 18.9 Å². The summed E-state index contributed by atoms with van der Waals surface area (Å²) in [6.45, 7) is 4.21. The van der Waals surface area contributed by atoms with Crippen molar-refractivity contribution in [2.75, 3.05) is 0 Å². The van der Waals surface area contributed by atoms with Crippen molar-refractivity contribution < 1.29 is 0 Å². The predicted molar refractivity (Wildman–Crippen MR) is 76.9 cm³/mol. The first-order valence-corrected chi connectivity index (χ1v) is 7.72. The van der Waals surface area contributed by atoms with Crippen molar-refractivity contribution in [1.82, 2.24) is 4.98 Å². The average molecular weight is 287 g/mol. The molecule has 17 heavy (non-hydrogen) atoms. The van der Waals surface area contributed by atoms with Gasteiger partial charge < -0.3 is 5.73 Å². The molecule has 2 nitrogen and oxygen atoms in total. The standard InChI is InChI=1S/C12H15ClN2S2/c1-3-12(14,4-2)11-15-9(7-17-11)8-5-10(13)16-6-8/h5-7H,3-4,14H2,1-2H3. The van der Waals surface area contributed by atoms with Gasteiger partial charge in [0.1, 0.15) is 5.01 Å². The molecule has 0 aliphatic heterocycles. The van der Waals surface area contributed by atoms with Gasteiger partial charge >= 0.3 is 0 Å². The van der Waals surface area contributed by atoms with Crippen LogP contribution in [0.25, 0.3) is 11.3 Å². The zero-order valence-electron chi connectivity index (χ0n) is 9.87. The van der Waals surface area contributed by atoms with Crippen LogP contribution in [0.1, 0.15) is 31.7 Å². The van der Waals surface area contributed by atoms with Crippen LogP contribution in [0.15, 0.2) is 16.8 Å². The van der Waals surface area contributed by atoms with Gasteiger partial charge in [-0.1, -0.05) is 25.4 Å². The molecule has 2 N–H and O–H groups in total. The first-order valence-electron chi connectivity index (χ1n) is 5.58. The Kier molecular flexibility index (Phi) is 3.88. The van der Waals surface area contributed by atoms with E-state index in [0.717, 1.165) is 33.4 Å². The highest BCUT2D eigenvalue weighted by molar-refractivity contribution is 7.14. The van der Waals surface area contributed by atoms with E-state index in [1.807, 2.05) is 11.4 Å². The lowest BCUT2D eigenvalue weighted by Gasteiger charge is -2.23. The van der Waals surface area contributed by atoms with Crippen LogP contribution in [0.5, 0.6) is 0 Å². The molecule has 0 unspecified atom stereocenters. The molecule has 0 spiro atoms. The SMILES string of the molecule is CCC(N)(CC)c1nc(-c2csc(Cl)c2)cs1. The Balaban J connectivity index is 2.33. The smallest absolute Gasteiger partial charge is 0.113 e. The molecule has 0 saturated heterocycles. The van der Waals surface area contributed by atoms with Gasteiger partial charge in [0.15, 0.2) is 0 Å². The fraction of sp³-hybridized carbons (Fsp3) is 0.417. The molecular formula is C12H15ClN2S2. The van der Waals surface area contributed by atoms with E-state index in [1.165, 1.54) is 11.3 Å². The van der Waals surface area contributed by atoms with Gasteiger partial charge in [0.05, 0.1) is 15.6 Å². The molecule has 0 aromatic carbocycles. The van der Waals surface area contributed by atoms with E-state index in [2.05, 4.69) is 24.2 Å². The van der Waals surface area contributed by atoms with Gasteiger partial charge in [0, 0.05) is 16.3 Å². The van der Waals surface area contributed by atoms with E-state index in [4.69, 9.17) is 17.3 Å². The lowest BCUT2D eigenvalue weighted by molar-refractivity contribution is 0.411. The molecule has 0 aliphatic rings. The minimum absolute atomic E-state index is 0.289. The van der Waals surface area contributed by atoms with Gasteiger partial charge in [0.25, 0.3) is 0 Å². The number of hydrogen-bond donors (Lipinski definition) is 1. The van der Waals surface area contributed by atoms with Crippen molar-refractivity contribution in [3.63, 3.8) is 0 Å². The zero-order valence-corrected chi connectivity index (χ0v) is 12.3. The fourth-order valence-electron chi connectivity index (χ4n) is 1.63. The van der Waals surface area contributed by atoms with Crippen LogP contribution in [0.4, 0.5) is 0 Å². The normalized spacial score (nSPS) is 12.0. The topological polar surface area (TPSA) is 38.9 Å². The first kappa shape index (κ1) is 13.0. The van der Waals surface area contributed by atoms with E-state index >= 15 is 0 Å². The molecular weight excluding hydrogens is 272 g/mol. The number of halogens is 1. The third-order valence-electron chi connectivity index (χ3n) is 3.06. The highest BCUT2D eigenvalue weighted by Gasteiger charge is 2.26. The van der Waals surface area contributed by atoms with Crippen molar-refractivity contribution in [2.24, 2.45) is 5.73 Å². The van der Waals surface area contributed by atoms with Crippen LogP contribution in [0.2, 0.25) is 4.34 Å². The quantitative estimate of drug-likeness (QED) is 0.899. The Labute approximate surface area is 114 Å². The van der Waals surface area contributed by atoms with Gasteiger partial charge in [-0.15, -0.1) is 22.7 Å². The molecule has 0 aliphatic carbocycles. The summed E-state index contributed by atoms with van der Waals surface area (Å²) < 4.78 is 0.791. The Morgan fingerprint density at radius 3 is 2.53 bits per heavy atom. The Bertz CT molecular complexity index is 500. The van der Waals surface area contributed by atoms with E-state index in [1.54, 1.807) is 11.3 Å². The third-order valence-corrected chi connectivity index (χ3v) is 5.21. The Hall–Kier alpha value is -0.420.